The molecule has 0 atom stereocenters. The van der Waals surface area contributed by atoms with Gasteiger partial charge in [-0.3, -0.25) is 9.78 Å². The summed E-state index contributed by atoms with van der Waals surface area (Å²) in [5.41, 5.74) is 15.6. The minimum Gasteiger partial charge on any atom is -0.508 e. The molecular weight excluding hydrogens is 344 g/mol. The molecule has 0 fully saturated rings. The van der Waals surface area contributed by atoms with Crippen LogP contribution in [-0.4, -0.2) is 28.1 Å². The number of phenolic OH excluding ortho intramolecular Hbond substituents is 1. The third kappa shape index (κ3) is 3.27. The highest BCUT2D eigenvalue weighted by atomic mass is 16.5. The Hall–Kier alpha value is -3.61. The van der Waals surface area contributed by atoms with Gasteiger partial charge in [0.25, 0.3) is 5.91 Å². The number of amides is 1. The smallest absolute Gasteiger partial charge is 0.269 e. The van der Waals surface area contributed by atoms with E-state index in [0.717, 1.165) is 11.1 Å². The van der Waals surface area contributed by atoms with Crippen molar-refractivity contribution in [3.05, 3.63) is 53.3 Å². The van der Waals surface area contributed by atoms with Crippen molar-refractivity contribution in [3.8, 4) is 34.0 Å². The Labute approximate surface area is 156 Å². The average Bonchev–Trinajstić information content (AvgIpc) is 2.66. The number of nitrogen functional groups attached to an aromatic ring is 1. The van der Waals surface area contributed by atoms with E-state index >= 15 is 0 Å². The highest BCUT2D eigenvalue weighted by molar-refractivity contribution is 6.01. The van der Waals surface area contributed by atoms with Crippen molar-refractivity contribution in [3.63, 3.8) is 0 Å². The zero-order valence-corrected chi connectivity index (χ0v) is 15.3. The van der Waals surface area contributed by atoms with E-state index in [0.29, 0.717) is 28.3 Å². The molecule has 1 aromatic carbocycles. The third-order valence-corrected chi connectivity index (χ3v) is 4.44. The van der Waals surface area contributed by atoms with Crippen LogP contribution in [0.4, 0.5) is 5.69 Å². The molecule has 0 spiro atoms. The number of hydrogen-bond donors (Lipinski definition) is 3. The maximum Gasteiger partial charge on any atom is 0.269 e. The highest BCUT2D eigenvalue weighted by Gasteiger charge is 2.20. The molecule has 0 bridgehead atoms. The van der Waals surface area contributed by atoms with Gasteiger partial charge in [-0.15, -0.1) is 0 Å². The van der Waals surface area contributed by atoms with Gasteiger partial charge in [0.05, 0.1) is 30.4 Å². The van der Waals surface area contributed by atoms with Gasteiger partial charge in [0.1, 0.15) is 11.5 Å². The Morgan fingerprint density at radius 2 is 1.89 bits per heavy atom. The number of hydrogen-bond acceptors (Lipinski definition) is 6. The van der Waals surface area contributed by atoms with Gasteiger partial charge in [-0.25, -0.2) is 4.98 Å². The number of methoxy groups -OCH3 is 1. The van der Waals surface area contributed by atoms with E-state index in [1.54, 1.807) is 50.6 Å². The normalized spacial score (nSPS) is 10.6. The van der Waals surface area contributed by atoms with E-state index in [2.05, 4.69) is 9.97 Å². The lowest BCUT2D eigenvalue weighted by atomic mass is 9.93. The summed E-state index contributed by atoms with van der Waals surface area (Å²) in [6.07, 6.45) is 1.56. The first kappa shape index (κ1) is 18.2. The van der Waals surface area contributed by atoms with Crippen LogP contribution in [0.1, 0.15) is 21.6 Å². The Bertz CT molecular complexity index is 1030. The number of nitrogens with zero attached hydrogens (tertiary/aromatic N) is 2. The number of nitrogens with two attached hydrogens (primary N) is 2. The molecule has 0 aliphatic heterocycles. The molecule has 7 nitrogen and oxygen atoms in total. The number of aromatic hydroxyl groups is 1. The van der Waals surface area contributed by atoms with E-state index in [1.807, 2.05) is 6.92 Å². The first-order valence-corrected chi connectivity index (χ1v) is 8.23. The maximum absolute atomic E-state index is 11.9. The van der Waals surface area contributed by atoms with E-state index in [4.69, 9.17) is 16.2 Å². The molecule has 7 heteroatoms. The number of phenols is 1. The number of carbonyl (C=O) groups is 1. The summed E-state index contributed by atoms with van der Waals surface area (Å²) in [6, 6.07) is 8.62. The van der Waals surface area contributed by atoms with Crippen LogP contribution in [0.3, 0.4) is 0 Å². The number of pyridine rings is 2. The topological polar surface area (TPSA) is 124 Å². The predicted octanol–water partition coefficient (Wildman–Crippen LogP) is 2.82. The van der Waals surface area contributed by atoms with Gasteiger partial charge in [-0.2, -0.15) is 0 Å². The van der Waals surface area contributed by atoms with Crippen LogP contribution in [0.25, 0.3) is 22.5 Å². The minimum atomic E-state index is -0.737. The van der Waals surface area contributed by atoms with E-state index in [9.17, 15) is 9.90 Å². The molecule has 3 aromatic rings. The number of carbonyl (C=O) groups excluding carboxylic acids is 1. The molecule has 0 unspecified atom stereocenters. The average molecular weight is 364 g/mol. The van der Waals surface area contributed by atoms with Crippen molar-refractivity contribution in [2.24, 2.45) is 5.73 Å². The lowest BCUT2D eigenvalue weighted by Crippen LogP contribution is -2.17. The summed E-state index contributed by atoms with van der Waals surface area (Å²) >= 11 is 0. The van der Waals surface area contributed by atoms with Gasteiger partial charge in [0.15, 0.2) is 5.69 Å². The lowest BCUT2D eigenvalue weighted by Gasteiger charge is -2.16. The summed E-state index contributed by atoms with van der Waals surface area (Å²) in [5, 5.41) is 10.1. The van der Waals surface area contributed by atoms with Gasteiger partial charge >= 0.3 is 0 Å². The number of primary amides is 1. The summed E-state index contributed by atoms with van der Waals surface area (Å²) < 4.78 is 5.12. The second-order valence-electron chi connectivity index (χ2n) is 6.17. The van der Waals surface area contributed by atoms with Crippen molar-refractivity contribution >= 4 is 11.6 Å². The second-order valence-corrected chi connectivity index (χ2v) is 6.17. The summed E-state index contributed by atoms with van der Waals surface area (Å²) in [5.74, 6) is 0.000319. The van der Waals surface area contributed by atoms with Crippen molar-refractivity contribution in [1.82, 2.24) is 9.97 Å². The standard InChI is InChI=1S/C20H20N4O3/c1-10-4-7-16(25)11(2)17(10)13-8-15(24-19(18(13)21)20(22)26)14-6-5-12(27-3)9-23-14/h4-9,25H,21H2,1-3H3,(H2,22,26). The Balaban J connectivity index is 2.30. The number of aromatic nitrogens is 2. The fraction of sp³-hybridized carbons (Fsp3) is 0.150. The SMILES string of the molecule is COc1ccc(-c2cc(-c3c(C)ccc(O)c3C)c(N)c(C(N)=O)n2)nc1. The molecule has 0 saturated heterocycles. The fourth-order valence-electron chi connectivity index (χ4n) is 2.98. The molecule has 1 amide bonds. The molecule has 138 valence electrons. The largest absolute Gasteiger partial charge is 0.508 e. The van der Waals surface area contributed by atoms with Crippen molar-refractivity contribution in [2.75, 3.05) is 12.8 Å². The second kappa shape index (κ2) is 6.95. The summed E-state index contributed by atoms with van der Waals surface area (Å²) in [7, 11) is 1.55. The molecule has 5 N–H and O–H groups in total. The number of rotatable bonds is 4. The molecule has 0 saturated carbocycles. The van der Waals surface area contributed by atoms with Gasteiger partial charge < -0.3 is 21.3 Å². The van der Waals surface area contributed by atoms with Gasteiger partial charge in [0, 0.05) is 5.56 Å². The highest BCUT2D eigenvalue weighted by Crippen LogP contribution is 2.38. The molecule has 3 rings (SSSR count). The third-order valence-electron chi connectivity index (χ3n) is 4.44. The van der Waals surface area contributed by atoms with Crippen LogP contribution >= 0.6 is 0 Å². The van der Waals surface area contributed by atoms with Gasteiger partial charge in [0.2, 0.25) is 0 Å². The number of benzene rings is 1. The first-order chi connectivity index (χ1) is 12.8. The van der Waals surface area contributed by atoms with Crippen LogP contribution in [-0.2, 0) is 0 Å². The number of ether oxygens (including phenoxy) is 1. The van der Waals surface area contributed by atoms with Crippen LogP contribution in [0.15, 0.2) is 36.5 Å². The molecule has 0 aliphatic carbocycles. The van der Waals surface area contributed by atoms with E-state index in [1.165, 1.54) is 0 Å². The van der Waals surface area contributed by atoms with Crippen LogP contribution in [0, 0.1) is 13.8 Å². The quantitative estimate of drug-likeness (QED) is 0.654. The Morgan fingerprint density at radius 1 is 1.15 bits per heavy atom. The number of anilines is 1. The van der Waals surface area contributed by atoms with E-state index in [-0.39, 0.29) is 17.1 Å². The molecule has 0 radical (unpaired) electrons. The Morgan fingerprint density at radius 3 is 2.48 bits per heavy atom. The van der Waals surface area contributed by atoms with Crippen molar-refractivity contribution < 1.29 is 14.6 Å². The molecule has 2 aromatic heterocycles. The Kier molecular flexibility index (Phi) is 4.68. The van der Waals surface area contributed by atoms with Crippen molar-refractivity contribution in [1.29, 1.82) is 0 Å². The monoisotopic (exact) mass is 364 g/mol. The van der Waals surface area contributed by atoms with Crippen LogP contribution < -0.4 is 16.2 Å². The lowest BCUT2D eigenvalue weighted by molar-refractivity contribution is 0.0996. The van der Waals surface area contributed by atoms with Crippen LogP contribution in [0.2, 0.25) is 0 Å². The zero-order valence-electron chi connectivity index (χ0n) is 15.3. The van der Waals surface area contributed by atoms with Crippen molar-refractivity contribution in [2.45, 2.75) is 13.8 Å². The maximum atomic E-state index is 11.9. The first-order valence-electron chi connectivity index (χ1n) is 8.23. The van der Waals surface area contributed by atoms with E-state index < -0.39 is 5.91 Å². The zero-order chi connectivity index (χ0) is 19.7. The summed E-state index contributed by atoms with van der Waals surface area (Å²) in [6.45, 7) is 3.68. The fourth-order valence-corrected chi connectivity index (χ4v) is 2.98. The molecule has 2 heterocycles. The predicted molar refractivity (Wildman–Crippen MR) is 104 cm³/mol. The number of aryl methyl sites for hydroxylation is 1. The molecular formula is C20H20N4O3. The summed E-state index contributed by atoms with van der Waals surface area (Å²) in [4.78, 5) is 20.5. The van der Waals surface area contributed by atoms with Crippen LogP contribution in [0.5, 0.6) is 11.5 Å². The molecule has 0 aliphatic rings. The molecule has 27 heavy (non-hydrogen) atoms. The minimum absolute atomic E-state index is 0.0396. The van der Waals surface area contributed by atoms with Gasteiger partial charge in [-0.05, 0) is 54.8 Å². The van der Waals surface area contributed by atoms with Gasteiger partial charge in [-0.1, -0.05) is 6.07 Å².